The molecule has 8 heteroatoms. The fourth-order valence-electron chi connectivity index (χ4n) is 4.29. The molecular formula is C23H33ClN4O3. The summed E-state index contributed by atoms with van der Waals surface area (Å²) in [5, 5.41) is 0.491. The molecule has 4 aliphatic rings. The Hall–Kier alpha value is -2.09. The molecule has 0 spiro atoms. The molecule has 5 rings (SSSR count). The van der Waals surface area contributed by atoms with Gasteiger partial charge in [0.05, 0.1) is 31.1 Å². The maximum atomic E-state index is 13.0. The van der Waals surface area contributed by atoms with Crippen LogP contribution in [-0.4, -0.2) is 74.1 Å². The smallest absolute Gasteiger partial charge is 0.344 e. The third-order valence-corrected chi connectivity index (χ3v) is 6.30. The van der Waals surface area contributed by atoms with Crippen LogP contribution in [0.3, 0.4) is 0 Å². The van der Waals surface area contributed by atoms with E-state index in [9.17, 15) is 4.79 Å². The highest BCUT2D eigenvalue weighted by atomic mass is 35.5. The fourth-order valence-corrected chi connectivity index (χ4v) is 4.55. The molecule has 2 N–H and O–H groups in total. The summed E-state index contributed by atoms with van der Waals surface area (Å²) in [6.07, 6.45) is 2.64. The molecule has 0 aliphatic carbocycles. The Kier molecular flexibility index (Phi) is 8.35. The highest BCUT2D eigenvalue weighted by molar-refractivity contribution is 6.32. The molecule has 7 nitrogen and oxygen atoms in total. The lowest BCUT2D eigenvalue weighted by Gasteiger charge is -2.30. The van der Waals surface area contributed by atoms with Crippen LogP contribution in [-0.2, 0) is 4.74 Å². The van der Waals surface area contributed by atoms with Gasteiger partial charge in [0, 0.05) is 43.5 Å². The maximum absolute atomic E-state index is 13.0. The van der Waals surface area contributed by atoms with E-state index < -0.39 is 0 Å². The molecule has 4 heterocycles. The molecule has 4 fully saturated rings. The molecule has 1 aromatic rings. The first-order chi connectivity index (χ1) is 15.1. The van der Waals surface area contributed by atoms with Gasteiger partial charge in [-0.1, -0.05) is 25.4 Å². The quantitative estimate of drug-likeness (QED) is 0.744. The number of amides is 2. The standard InChI is InChI=1S/C21H27ClN4O3.C2H6/c1-28-19-3-2-14(12-17(19)22)20(23)16-6-11-29-13-18(16)24-21(27)26-10-9-25-7-4-15(26)5-8-25;1-2/h2-3,12,15H,4-11,13,23H2,1H3;1-2H3/b20-16-,24-18+;. The molecule has 2 amide bonds. The molecule has 1 aromatic carbocycles. The first kappa shape index (κ1) is 23.6. The number of rotatable bonds is 2. The van der Waals surface area contributed by atoms with Gasteiger partial charge in [0.1, 0.15) is 5.75 Å². The van der Waals surface area contributed by atoms with Crippen molar-refractivity contribution in [3.8, 4) is 5.75 Å². The molecule has 2 bridgehead atoms. The van der Waals surface area contributed by atoms with Gasteiger partial charge in [-0.2, -0.15) is 4.99 Å². The monoisotopic (exact) mass is 448 g/mol. The largest absolute Gasteiger partial charge is 0.495 e. The van der Waals surface area contributed by atoms with Crippen LogP contribution in [0, 0.1) is 0 Å². The average Bonchev–Trinajstić information content (AvgIpc) is 3.14. The first-order valence-corrected chi connectivity index (χ1v) is 11.5. The molecule has 0 atom stereocenters. The summed E-state index contributed by atoms with van der Waals surface area (Å²) in [6, 6.07) is 5.52. The zero-order valence-electron chi connectivity index (χ0n) is 18.7. The van der Waals surface area contributed by atoms with Gasteiger partial charge in [-0.25, -0.2) is 4.79 Å². The molecule has 0 aromatic heterocycles. The van der Waals surface area contributed by atoms with Crippen LogP contribution in [0.4, 0.5) is 4.79 Å². The molecule has 4 saturated heterocycles. The molecular weight excluding hydrogens is 416 g/mol. The minimum atomic E-state index is -0.183. The summed E-state index contributed by atoms with van der Waals surface area (Å²) in [5.41, 5.74) is 9.31. The lowest BCUT2D eigenvalue weighted by Crippen LogP contribution is -2.41. The van der Waals surface area contributed by atoms with E-state index in [0.717, 1.165) is 50.2 Å². The number of aliphatic imine (C=N–C) groups is 1. The van der Waals surface area contributed by atoms with Crippen LogP contribution in [0.15, 0.2) is 28.8 Å². The van der Waals surface area contributed by atoms with Crippen molar-refractivity contribution in [2.75, 3.05) is 46.5 Å². The Labute approximate surface area is 189 Å². The molecule has 0 unspecified atom stereocenters. The SMILES string of the molecule is CC.COc1ccc(/C(N)=C2\CCOC\C2=N/C(=O)N2CCN3CCC2CC3)cc1Cl. The number of nitrogens with zero attached hydrogens (tertiary/aromatic N) is 3. The number of carbonyl (C=O) groups excluding carboxylic acids is 1. The summed E-state index contributed by atoms with van der Waals surface area (Å²) < 4.78 is 10.8. The van der Waals surface area contributed by atoms with Gasteiger partial charge in [0.25, 0.3) is 0 Å². The number of piperidine rings is 1. The second-order valence-corrected chi connectivity index (χ2v) is 8.06. The van der Waals surface area contributed by atoms with Crippen LogP contribution >= 0.6 is 11.6 Å². The Morgan fingerprint density at radius 3 is 2.65 bits per heavy atom. The topological polar surface area (TPSA) is 80.4 Å². The zero-order valence-corrected chi connectivity index (χ0v) is 19.5. The van der Waals surface area contributed by atoms with E-state index in [1.165, 1.54) is 0 Å². The van der Waals surface area contributed by atoms with Crippen LogP contribution in [0.1, 0.15) is 38.7 Å². The number of hydrogen-bond donors (Lipinski definition) is 1. The van der Waals surface area contributed by atoms with Crippen molar-refractivity contribution in [1.82, 2.24) is 9.80 Å². The third kappa shape index (κ3) is 5.40. The minimum absolute atomic E-state index is 0.183. The second kappa shape index (κ2) is 11.0. The van der Waals surface area contributed by atoms with E-state index in [0.29, 0.717) is 35.2 Å². The van der Waals surface area contributed by atoms with Crippen molar-refractivity contribution >= 4 is 29.0 Å². The number of ether oxygens (including phenoxy) is 2. The van der Waals surface area contributed by atoms with E-state index >= 15 is 0 Å². The number of carbonyl (C=O) groups is 1. The Morgan fingerprint density at radius 1 is 1.23 bits per heavy atom. The van der Waals surface area contributed by atoms with E-state index in [1.54, 1.807) is 19.2 Å². The van der Waals surface area contributed by atoms with Gasteiger partial charge in [-0.05, 0) is 43.0 Å². The van der Waals surface area contributed by atoms with Gasteiger partial charge in [0.15, 0.2) is 0 Å². The van der Waals surface area contributed by atoms with Crippen LogP contribution in [0.5, 0.6) is 5.75 Å². The van der Waals surface area contributed by atoms with E-state index in [4.69, 9.17) is 26.8 Å². The molecule has 31 heavy (non-hydrogen) atoms. The number of benzene rings is 1. The predicted octanol–water partition coefficient (Wildman–Crippen LogP) is 3.81. The Bertz CT molecular complexity index is 847. The van der Waals surface area contributed by atoms with Crippen molar-refractivity contribution < 1.29 is 14.3 Å². The van der Waals surface area contributed by atoms with E-state index in [-0.39, 0.29) is 18.7 Å². The normalized spacial score (nSPS) is 26.1. The average molecular weight is 449 g/mol. The summed E-state index contributed by atoms with van der Waals surface area (Å²) in [7, 11) is 1.57. The van der Waals surface area contributed by atoms with Crippen molar-refractivity contribution in [3.63, 3.8) is 0 Å². The highest BCUT2D eigenvalue weighted by Crippen LogP contribution is 2.29. The highest BCUT2D eigenvalue weighted by Gasteiger charge is 2.32. The molecule has 0 radical (unpaired) electrons. The van der Waals surface area contributed by atoms with Crippen LogP contribution in [0.25, 0.3) is 5.70 Å². The molecule has 4 aliphatic heterocycles. The van der Waals surface area contributed by atoms with Gasteiger partial charge in [-0.15, -0.1) is 0 Å². The Balaban J connectivity index is 0.00000132. The summed E-state index contributed by atoms with van der Waals surface area (Å²) in [6.45, 7) is 8.60. The van der Waals surface area contributed by atoms with Gasteiger partial charge in [-0.3, -0.25) is 0 Å². The van der Waals surface area contributed by atoms with Crippen molar-refractivity contribution in [2.45, 2.75) is 39.2 Å². The van der Waals surface area contributed by atoms with Crippen molar-refractivity contribution in [2.24, 2.45) is 10.7 Å². The minimum Gasteiger partial charge on any atom is -0.495 e. The second-order valence-electron chi connectivity index (χ2n) is 7.65. The van der Waals surface area contributed by atoms with E-state index in [1.807, 2.05) is 24.8 Å². The first-order valence-electron chi connectivity index (χ1n) is 11.1. The molecule has 0 saturated carbocycles. The third-order valence-electron chi connectivity index (χ3n) is 6.00. The number of halogens is 1. The predicted molar refractivity (Wildman–Crippen MR) is 125 cm³/mol. The van der Waals surface area contributed by atoms with Gasteiger partial charge in [0.2, 0.25) is 0 Å². The lowest BCUT2D eigenvalue weighted by molar-refractivity contribution is 0.164. The van der Waals surface area contributed by atoms with Crippen molar-refractivity contribution in [3.05, 3.63) is 34.4 Å². The van der Waals surface area contributed by atoms with Gasteiger partial charge >= 0.3 is 6.03 Å². The maximum Gasteiger partial charge on any atom is 0.344 e. The number of nitrogens with two attached hydrogens (primary N) is 1. The van der Waals surface area contributed by atoms with Crippen LogP contribution < -0.4 is 10.5 Å². The summed E-state index contributed by atoms with van der Waals surface area (Å²) in [4.78, 5) is 21.8. The summed E-state index contributed by atoms with van der Waals surface area (Å²) in [5.74, 6) is 0.594. The number of methoxy groups -OCH3 is 1. The fraction of sp³-hybridized carbons (Fsp3) is 0.565. The van der Waals surface area contributed by atoms with Gasteiger partial charge < -0.3 is 25.0 Å². The number of fused-ring (bicyclic) bond motifs is 4. The zero-order chi connectivity index (χ0) is 22.4. The number of hydrogen-bond acceptors (Lipinski definition) is 5. The summed E-state index contributed by atoms with van der Waals surface area (Å²) >= 11 is 6.26. The Morgan fingerprint density at radius 2 is 1.97 bits per heavy atom. The van der Waals surface area contributed by atoms with Crippen LogP contribution in [0.2, 0.25) is 5.02 Å². The van der Waals surface area contributed by atoms with E-state index in [2.05, 4.69) is 9.89 Å². The lowest BCUT2D eigenvalue weighted by atomic mass is 9.99. The van der Waals surface area contributed by atoms with Crippen molar-refractivity contribution in [1.29, 1.82) is 0 Å². The molecule has 170 valence electrons. The number of urea groups is 1.